The lowest BCUT2D eigenvalue weighted by Crippen LogP contribution is -2.76. The van der Waals surface area contributed by atoms with Gasteiger partial charge in [0.1, 0.15) is 12.5 Å². The third-order valence-corrected chi connectivity index (χ3v) is 8.37. The molecule has 3 aromatic rings. The molecule has 3 aromatic carbocycles. The molecule has 0 aliphatic heterocycles. The lowest BCUT2D eigenvalue weighted by molar-refractivity contribution is -0.285. The molecule has 0 amide bonds. The van der Waals surface area contributed by atoms with E-state index in [1.807, 2.05) is 0 Å². The lowest BCUT2D eigenvalue weighted by atomic mass is 9.62. The molecule has 1 saturated carbocycles. The summed E-state index contributed by atoms with van der Waals surface area (Å²) in [7, 11) is 1.20. The van der Waals surface area contributed by atoms with Gasteiger partial charge in [-0.1, -0.05) is 36.4 Å². The zero-order chi connectivity index (χ0) is 36.1. The van der Waals surface area contributed by atoms with Crippen LogP contribution in [0.5, 0.6) is 23.0 Å². The van der Waals surface area contributed by atoms with Gasteiger partial charge in [0.2, 0.25) is 5.60 Å². The van der Waals surface area contributed by atoms with Crippen LogP contribution in [0.15, 0.2) is 72.8 Å². The normalized spacial score (nSPS) is 24.2. The molecule has 0 aromatic heterocycles. The van der Waals surface area contributed by atoms with E-state index in [0.29, 0.717) is 5.56 Å². The first kappa shape index (κ1) is 36.4. The summed E-state index contributed by atoms with van der Waals surface area (Å²) in [6, 6.07) is 14.7. The number of aliphatic carboxylic acids is 1. The zero-order valence-corrected chi connectivity index (χ0v) is 26.0. The van der Waals surface area contributed by atoms with Gasteiger partial charge in [0.15, 0.2) is 46.7 Å². The van der Waals surface area contributed by atoms with Gasteiger partial charge in [0.25, 0.3) is 0 Å². The number of likely N-dealkylation sites (N-methyl/N-ethyl adjacent to an activating group) is 1. The number of carboxylic acid groups (broad SMARTS) is 1. The van der Waals surface area contributed by atoms with Gasteiger partial charge in [0, 0.05) is 24.0 Å². The Morgan fingerprint density at radius 3 is 2.16 bits per heavy atom. The van der Waals surface area contributed by atoms with Crippen LogP contribution in [0.3, 0.4) is 0 Å². The molecule has 15 nitrogen and oxygen atoms in total. The second kappa shape index (κ2) is 14.7. The van der Waals surface area contributed by atoms with Gasteiger partial charge in [-0.25, -0.2) is 9.59 Å². The molecule has 0 bridgehead atoms. The number of carboxylic acids is 1. The van der Waals surface area contributed by atoms with E-state index in [9.17, 15) is 60.0 Å². The van der Waals surface area contributed by atoms with E-state index in [0.717, 1.165) is 42.5 Å². The maximum atomic E-state index is 13.4. The van der Waals surface area contributed by atoms with Gasteiger partial charge in [-0.05, 0) is 61.0 Å². The Bertz CT molecular complexity index is 1740. The molecule has 1 fully saturated rings. The number of aliphatic hydroxyl groups is 3. The number of ether oxygens (including phenoxy) is 2. The first-order chi connectivity index (χ1) is 23.1. The number of aliphatic hydroxyl groups excluding tert-OH is 2. The molecule has 49 heavy (non-hydrogen) atoms. The minimum Gasteiger partial charge on any atom is -0.504 e. The molecule has 15 heteroatoms. The number of hydrogen-bond acceptors (Lipinski definition) is 14. The third kappa shape index (κ3) is 7.65. The average Bonchev–Trinajstić information content (AvgIpc) is 3.06. The summed E-state index contributed by atoms with van der Waals surface area (Å²) in [6.07, 6.45) is -6.84. The number of aromatic hydroxyl groups is 4. The predicted molar refractivity (Wildman–Crippen MR) is 168 cm³/mol. The molecule has 1 aliphatic carbocycles. The highest BCUT2D eigenvalue weighted by Crippen LogP contribution is 2.47. The monoisotopic (exact) mass is 681 g/mol. The Morgan fingerprint density at radius 1 is 0.939 bits per heavy atom. The van der Waals surface area contributed by atoms with E-state index in [4.69, 9.17) is 9.47 Å². The van der Waals surface area contributed by atoms with E-state index in [1.165, 1.54) is 13.1 Å². The fourth-order valence-corrected chi connectivity index (χ4v) is 5.80. The molecule has 6 atom stereocenters. The number of rotatable bonds is 12. The van der Waals surface area contributed by atoms with Crippen molar-refractivity contribution in [3.05, 3.63) is 89.5 Å². The Labute approximate surface area is 278 Å². The Hall–Kier alpha value is -5.48. The number of esters is 2. The van der Waals surface area contributed by atoms with E-state index in [-0.39, 0.29) is 17.5 Å². The number of carbonyl (C=O) groups excluding carboxylic acids is 3. The largest absolute Gasteiger partial charge is 0.504 e. The molecule has 1 aliphatic rings. The minimum atomic E-state index is -2.84. The van der Waals surface area contributed by atoms with Gasteiger partial charge < -0.3 is 50.3 Å². The van der Waals surface area contributed by atoms with E-state index < -0.39 is 95.1 Å². The topological polar surface area (TPSA) is 261 Å². The first-order valence-electron chi connectivity index (χ1n) is 14.8. The molecule has 0 spiro atoms. The molecular formula is C34H35NO14. The Balaban J connectivity index is 1.80. The summed E-state index contributed by atoms with van der Waals surface area (Å²) >= 11 is 0. The average molecular weight is 682 g/mol. The molecular weight excluding hydrogens is 646 g/mol. The number of benzene rings is 3. The van der Waals surface area contributed by atoms with Gasteiger partial charge in [-0.15, -0.1) is 0 Å². The fourth-order valence-electron chi connectivity index (χ4n) is 5.80. The molecule has 9 N–H and O–H groups in total. The van der Waals surface area contributed by atoms with Crippen LogP contribution in [0.25, 0.3) is 6.08 Å². The number of carbonyl (C=O) groups is 4. The van der Waals surface area contributed by atoms with Gasteiger partial charge >= 0.3 is 17.9 Å². The quantitative estimate of drug-likeness (QED) is 0.0322. The number of ketones is 1. The summed E-state index contributed by atoms with van der Waals surface area (Å²) < 4.78 is 11.3. The number of Topliss-reactive ketones (excluding diaryl/α,β-unsaturated/α-hetero) is 1. The van der Waals surface area contributed by atoms with Crippen LogP contribution < -0.4 is 5.32 Å². The van der Waals surface area contributed by atoms with Crippen molar-refractivity contribution in [3.63, 3.8) is 0 Å². The highest BCUT2D eigenvalue weighted by atomic mass is 16.6. The van der Waals surface area contributed by atoms with E-state index >= 15 is 0 Å². The van der Waals surface area contributed by atoms with Crippen molar-refractivity contribution in [2.75, 3.05) is 7.05 Å². The summed E-state index contributed by atoms with van der Waals surface area (Å²) in [5.41, 5.74) is -5.12. The number of nitrogens with one attached hydrogen (secondary N) is 1. The van der Waals surface area contributed by atoms with Crippen molar-refractivity contribution in [1.82, 2.24) is 5.32 Å². The zero-order valence-electron chi connectivity index (χ0n) is 26.0. The fraction of sp³-hybridized carbons (Fsp3) is 0.294. The summed E-state index contributed by atoms with van der Waals surface area (Å²) in [4.78, 5) is 52.3. The summed E-state index contributed by atoms with van der Waals surface area (Å²) in [6.45, 7) is 0. The Kier molecular flexibility index (Phi) is 10.9. The van der Waals surface area contributed by atoms with E-state index in [2.05, 4.69) is 5.32 Å². The summed E-state index contributed by atoms with van der Waals surface area (Å²) in [5.74, 6) is -9.17. The molecule has 0 saturated heterocycles. The van der Waals surface area contributed by atoms with Crippen molar-refractivity contribution < 1.29 is 69.5 Å². The molecule has 4 rings (SSSR count). The SMILES string of the molecule is CN[C@H](O)[C@@]1(OC(=O)C=Cc2ccc(O)c(O)c2)[C@H](O)C[C@](O)(C(=O)O)[C@H](Cc2ccccc2)[C@H]1OC(=O)CC(=O)c1ccc(O)c(O)c1. The van der Waals surface area contributed by atoms with Gasteiger partial charge in [0.05, 0.1) is 0 Å². The number of hydrogen-bond donors (Lipinski definition) is 9. The van der Waals surface area contributed by atoms with Crippen LogP contribution in [-0.4, -0.2) is 101 Å². The Morgan fingerprint density at radius 2 is 1.57 bits per heavy atom. The van der Waals surface area contributed by atoms with Crippen LogP contribution in [0.1, 0.15) is 34.3 Å². The third-order valence-electron chi connectivity index (χ3n) is 8.37. The van der Waals surface area contributed by atoms with Gasteiger partial charge in [-0.2, -0.15) is 0 Å². The van der Waals surface area contributed by atoms with Crippen LogP contribution in [0.4, 0.5) is 0 Å². The van der Waals surface area contributed by atoms with E-state index in [1.54, 1.807) is 30.3 Å². The van der Waals surface area contributed by atoms with Crippen LogP contribution in [0.2, 0.25) is 0 Å². The summed E-state index contributed by atoms with van der Waals surface area (Å²) in [5, 5.41) is 85.8. The van der Waals surface area contributed by atoms with Crippen LogP contribution >= 0.6 is 0 Å². The number of phenolic OH excluding ortho intramolecular Hbond substituents is 4. The standard InChI is InChI=1S/C34H35NO14/c1-35-31(44)34(49-28(42)12-8-19-7-10-22(36)25(39)14-19)27(41)17-33(47,32(45)46)21(13-18-5-3-2-4-6-18)30(34)48-29(43)16-24(38)20-9-11-23(37)26(40)15-20/h2-12,14-15,21,27,30-31,35-37,39-41,44,47H,13,16-17H2,1H3,(H,45,46)/t21-,27-,30-,31-,33-,34-/m1/s1. The van der Waals surface area contributed by atoms with Crippen LogP contribution in [-0.2, 0) is 30.3 Å². The molecule has 0 heterocycles. The first-order valence-corrected chi connectivity index (χ1v) is 14.8. The maximum Gasteiger partial charge on any atom is 0.336 e. The van der Waals surface area contributed by atoms with Crippen molar-refractivity contribution in [2.24, 2.45) is 5.92 Å². The second-order valence-electron chi connectivity index (χ2n) is 11.5. The lowest BCUT2D eigenvalue weighted by Gasteiger charge is -2.54. The molecule has 260 valence electrons. The van der Waals surface area contributed by atoms with Crippen LogP contribution in [0, 0.1) is 5.92 Å². The number of phenols is 4. The van der Waals surface area contributed by atoms with Gasteiger partial charge in [-0.3, -0.25) is 14.9 Å². The highest BCUT2D eigenvalue weighted by Gasteiger charge is 2.69. The molecule has 0 unspecified atom stereocenters. The maximum absolute atomic E-state index is 13.4. The van der Waals surface area contributed by atoms with Crippen molar-refractivity contribution >= 4 is 29.8 Å². The highest BCUT2D eigenvalue weighted by molar-refractivity contribution is 6.06. The predicted octanol–water partition coefficient (Wildman–Crippen LogP) is 0.966. The van der Waals surface area contributed by atoms with Crippen molar-refractivity contribution in [3.8, 4) is 23.0 Å². The smallest absolute Gasteiger partial charge is 0.336 e. The van der Waals surface area contributed by atoms with Crippen molar-refractivity contribution in [1.29, 1.82) is 0 Å². The minimum absolute atomic E-state index is 0.211. The van der Waals surface area contributed by atoms with Crippen molar-refractivity contribution in [2.45, 2.75) is 48.9 Å². The second-order valence-corrected chi connectivity index (χ2v) is 11.5. The molecule has 0 radical (unpaired) electrons.